The van der Waals surface area contributed by atoms with Gasteiger partial charge in [-0.1, -0.05) is 257 Å². The Kier molecular flexibility index (Phi) is 41.9. The average molecular weight is 976 g/mol. The van der Waals surface area contributed by atoms with Gasteiger partial charge in [0.15, 0.2) is 0 Å². The Hall–Kier alpha value is -0.920. The van der Waals surface area contributed by atoms with Gasteiger partial charge in [-0.15, -0.1) is 0 Å². The van der Waals surface area contributed by atoms with Crippen molar-refractivity contribution in [2.45, 2.75) is 319 Å². The summed E-state index contributed by atoms with van der Waals surface area (Å²) in [5.41, 5.74) is 0. The summed E-state index contributed by atoms with van der Waals surface area (Å²) < 4.78 is 23.0. The first-order valence-corrected chi connectivity index (χ1v) is 29.6. The Labute approximate surface area is 409 Å². The standard InChI is InChI=1S/C54H106NO11P/c1-3-5-7-9-11-13-15-17-18-19-20-21-22-23-24-25-26-27-28-29-30-31-32-34-36-38-40-42-44-48(57)55-46(47(56)43-41-39-37-35-33-16-14-12-10-8-6-4-2)45-65-67(63,64)66-54-52(61)50(59)49(58)51(60)53(54)62/h41,43,46-47,49-54,56,58-62H,3-40,42,44-45H2,1-2H3,(H,55,57)(H,63,64)/b43-41+/t46-,47+,49?,50+,51?,52?,53?,54?/m0/s1. The molecule has 8 N–H and O–H groups in total. The van der Waals surface area contributed by atoms with Crippen molar-refractivity contribution in [1.82, 2.24) is 5.32 Å². The third-order valence-corrected chi connectivity index (χ3v) is 14.8. The lowest BCUT2D eigenvalue weighted by atomic mass is 9.85. The highest BCUT2D eigenvalue weighted by molar-refractivity contribution is 7.47. The molecule has 1 rings (SSSR count). The summed E-state index contributed by atoms with van der Waals surface area (Å²) in [5.74, 6) is -0.336. The highest BCUT2D eigenvalue weighted by Crippen LogP contribution is 2.47. The number of phosphoric acid groups is 1. The van der Waals surface area contributed by atoms with Crippen LogP contribution in [0.4, 0.5) is 0 Å². The second kappa shape index (κ2) is 43.8. The molecule has 9 atom stereocenters. The number of aliphatic hydroxyl groups is 6. The molecule has 0 bridgehead atoms. The van der Waals surface area contributed by atoms with Crippen molar-refractivity contribution >= 4 is 13.7 Å². The van der Waals surface area contributed by atoms with E-state index in [1.165, 1.54) is 205 Å². The molecule has 13 heteroatoms. The monoisotopic (exact) mass is 976 g/mol. The maximum absolute atomic E-state index is 13.0. The average Bonchev–Trinajstić information content (AvgIpc) is 3.31. The summed E-state index contributed by atoms with van der Waals surface area (Å²) >= 11 is 0. The molecule has 1 saturated carbocycles. The van der Waals surface area contributed by atoms with E-state index in [0.717, 1.165) is 44.9 Å². The van der Waals surface area contributed by atoms with Crippen LogP contribution in [-0.4, -0.2) is 96.8 Å². The second-order valence-electron chi connectivity index (χ2n) is 20.1. The van der Waals surface area contributed by atoms with Crippen LogP contribution in [0.1, 0.15) is 271 Å². The van der Waals surface area contributed by atoms with Gasteiger partial charge in [0, 0.05) is 6.42 Å². The van der Waals surface area contributed by atoms with E-state index >= 15 is 0 Å². The van der Waals surface area contributed by atoms with E-state index in [4.69, 9.17) is 9.05 Å². The smallest absolute Gasteiger partial charge is 0.387 e. The highest BCUT2D eigenvalue weighted by atomic mass is 31.2. The van der Waals surface area contributed by atoms with Crippen LogP contribution >= 0.6 is 7.82 Å². The summed E-state index contributed by atoms with van der Waals surface area (Å²) in [7, 11) is -5.08. The Morgan fingerprint density at radius 2 is 0.791 bits per heavy atom. The number of allylic oxidation sites excluding steroid dienone is 1. The fourth-order valence-corrected chi connectivity index (χ4v) is 10.2. The zero-order chi connectivity index (χ0) is 49.2. The molecule has 0 aliphatic heterocycles. The normalized spacial score (nSPS) is 21.7. The Balaban J connectivity index is 2.25. The topological polar surface area (TPSA) is 206 Å². The summed E-state index contributed by atoms with van der Waals surface area (Å²) in [5, 5.41) is 64.1. The number of hydrogen-bond donors (Lipinski definition) is 8. The molecule has 12 nitrogen and oxygen atoms in total. The summed E-state index contributed by atoms with van der Waals surface area (Å²) in [6.45, 7) is 3.86. The predicted octanol–water partition coefficient (Wildman–Crippen LogP) is 12.4. The van der Waals surface area contributed by atoms with Gasteiger partial charge in [0.2, 0.25) is 5.91 Å². The van der Waals surface area contributed by atoms with Crippen LogP contribution in [-0.2, 0) is 18.4 Å². The minimum Gasteiger partial charge on any atom is -0.387 e. The summed E-state index contributed by atoms with van der Waals surface area (Å²) in [6.07, 6.45) is 40.2. The van der Waals surface area contributed by atoms with Gasteiger partial charge in [0.1, 0.15) is 36.6 Å². The van der Waals surface area contributed by atoms with Gasteiger partial charge in [-0.05, 0) is 19.3 Å². The molecule has 0 aromatic heterocycles. The molecule has 1 amide bonds. The van der Waals surface area contributed by atoms with E-state index in [0.29, 0.717) is 6.42 Å². The van der Waals surface area contributed by atoms with Gasteiger partial charge < -0.3 is 40.8 Å². The molecule has 0 radical (unpaired) electrons. The second-order valence-corrected chi connectivity index (χ2v) is 21.6. The SMILES string of the molecule is CCCCCCCCCCCC/C=C/[C@@H](O)[C@H](COP(=O)(O)OC1C(O)C(O)C(O)[C@@H](O)C1O)NC(=O)CCCCCCCCCCCCCCCCCCCCCCCCCCCCCC. The number of nitrogens with one attached hydrogen (secondary N) is 1. The van der Waals surface area contributed by atoms with Crippen LogP contribution in [0.15, 0.2) is 12.2 Å². The molecular weight excluding hydrogens is 870 g/mol. The molecule has 398 valence electrons. The van der Waals surface area contributed by atoms with Gasteiger partial charge >= 0.3 is 7.82 Å². The fourth-order valence-electron chi connectivity index (χ4n) is 9.26. The number of aliphatic hydroxyl groups excluding tert-OH is 6. The third-order valence-electron chi connectivity index (χ3n) is 13.8. The number of carbonyl (C=O) groups excluding carboxylic acids is 1. The molecule has 0 aromatic carbocycles. The first kappa shape index (κ1) is 64.1. The molecule has 0 saturated heterocycles. The minimum atomic E-state index is -5.08. The minimum absolute atomic E-state index is 0.219. The van der Waals surface area contributed by atoms with E-state index in [2.05, 4.69) is 19.2 Å². The molecule has 1 aliphatic carbocycles. The van der Waals surface area contributed by atoms with Crippen molar-refractivity contribution in [3.05, 3.63) is 12.2 Å². The maximum atomic E-state index is 13.0. The summed E-state index contributed by atoms with van der Waals surface area (Å²) in [6, 6.07) is -1.11. The number of rotatable bonds is 48. The Morgan fingerprint density at radius 1 is 0.493 bits per heavy atom. The summed E-state index contributed by atoms with van der Waals surface area (Å²) in [4.78, 5) is 23.5. The van der Waals surface area contributed by atoms with Crippen molar-refractivity contribution < 1.29 is 53.9 Å². The first-order valence-electron chi connectivity index (χ1n) is 28.1. The number of unbranched alkanes of at least 4 members (excludes halogenated alkanes) is 37. The van der Waals surface area contributed by atoms with Crippen molar-refractivity contribution in [2.24, 2.45) is 0 Å². The van der Waals surface area contributed by atoms with Gasteiger partial charge in [-0.25, -0.2) is 4.57 Å². The van der Waals surface area contributed by atoms with E-state index < -0.39 is 63.2 Å². The van der Waals surface area contributed by atoms with E-state index in [-0.39, 0.29) is 12.3 Å². The lowest BCUT2D eigenvalue weighted by Gasteiger charge is -2.41. The third kappa shape index (κ3) is 34.9. The number of phosphoric ester groups is 1. The molecule has 0 aromatic rings. The van der Waals surface area contributed by atoms with Crippen LogP contribution in [0.5, 0.6) is 0 Å². The highest BCUT2D eigenvalue weighted by Gasteiger charge is 2.51. The zero-order valence-electron chi connectivity index (χ0n) is 43.0. The van der Waals surface area contributed by atoms with Crippen LogP contribution < -0.4 is 5.32 Å². The largest absolute Gasteiger partial charge is 0.472 e. The quantitative estimate of drug-likeness (QED) is 0.0164. The van der Waals surface area contributed by atoms with Gasteiger partial charge in [0.05, 0.1) is 18.8 Å². The maximum Gasteiger partial charge on any atom is 0.472 e. The molecule has 0 heterocycles. The molecule has 0 spiro atoms. The molecular formula is C54H106NO11P. The van der Waals surface area contributed by atoms with Gasteiger partial charge in [-0.2, -0.15) is 0 Å². The lowest BCUT2D eigenvalue weighted by molar-refractivity contribution is -0.220. The van der Waals surface area contributed by atoms with Crippen molar-refractivity contribution in [1.29, 1.82) is 0 Å². The number of hydrogen-bond acceptors (Lipinski definition) is 10. The molecule has 67 heavy (non-hydrogen) atoms. The number of amides is 1. The molecule has 1 aliphatic rings. The Bertz CT molecular complexity index is 1180. The van der Waals surface area contributed by atoms with E-state index in [1.807, 2.05) is 6.08 Å². The van der Waals surface area contributed by atoms with Crippen LogP contribution in [0.25, 0.3) is 0 Å². The fraction of sp³-hybridized carbons (Fsp3) is 0.944. The molecule has 6 unspecified atom stereocenters. The van der Waals surface area contributed by atoms with Crippen molar-refractivity contribution in [2.75, 3.05) is 6.61 Å². The van der Waals surface area contributed by atoms with Crippen LogP contribution in [0.2, 0.25) is 0 Å². The first-order chi connectivity index (χ1) is 32.4. The van der Waals surface area contributed by atoms with Gasteiger partial charge in [0.25, 0.3) is 0 Å². The van der Waals surface area contributed by atoms with Gasteiger partial charge in [-0.3, -0.25) is 13.8 Å². The van der Waals surface area contributed by atoms with Crippen molar-refractivity contribution in [3.63, 3.8) is 0 Å². The van der Waals surface area contributed by atoms with E-state index in [1.54, 1.807) is 0 Å². The number of carbonyl (C=O) groups is 1. The van der Waals surface area contributed by atoms with E-state index in [9.17, 15) is 44.9 Å². The zero-order valence-corrected chi connectivity index (χ0v) is 43.9. The molecule has 1 fully saturated rings. The van der Waals surface area contributed by atoms with Crippen LogP contribution in [0, 0.1) is 0 Å². The predicted molar refractivity (Wildman–Crippen MR) is 274 cm³/mol. The Morgan fingerprint density at radius 3 is 1.13 bits per heavy atom. The lowest BCUT2D eigenvalue weighted by Crippen LogP contribution is -2.64. The van der Waals surface area contributed by atoms with Crippen molar-refractivity contribution in [3.8, 4) is 0 Å². The van der Waals surface area contributed by atoms with Crippen LogP contribution in [0.3, 0.4) is 0 Å².